The number of aromatic nitrogens is 2. The van der Waals surface area contributed by atoms with Gasteiger partial charge in [-0.3, -0.25) is 9.48 Å². The van der Waals surface area contributed by atoms with Crippen molar-refractivity contribution in [2.24, 2.45) is 7.05 Å². The van der Waals surface area contributed by atoms with E-state index in [1.165, 1.54) is 0 Å². The van der Waals surface area contributed by atoms with Crippen LogP contribution in [0.2, 0.25) is 0 Å². The van der Waals surface area contributed by atoms with Crippen LogP contribution in [-0.2, 0) is 13.7 Å². The van der Waals surface area contributed by atoms with Crippen molar-refractivity contribution in [3.8, 4) is 17.0 Å². The second-order valence-electron chi connectivity index (χ2n) is 5.66. The Bertz CT molecular complexity index is 706. The summed E-state index contributed by atoms with van der Waals surface area (Å²) in [4.78, 5) is 14.4. The Morgan fingerprint density at radius 3 is 2.95 bits per heavy atom. The second-order valence-corrected chi connectivity index (χ2v) is 5.66. The van der Waals surface area contributed by atoms with E-state index in [4.69, 9.17) is 4.74 Å². The maximum atomic E-state index is 12.6. The van der Waals surface area contributed by atoms with Crippen LogP contribution in [0, 0.1) is 0 Å². The number of para-hydroxylation sites is 1. The molecule has 0 spiro atoms. The molecule has 0 bridgehead atoms. The van der Waals surface area contributed by atoms with Crippen molar-refractivity contribution in [3.05, 3.63) is 35.5 Å². The van der Waals surface area contributed by atoms with E-state index in [1.807, 2.05) is 38.4 Å². The van der Waals surface area contributed by atoms with Crippen LogP contribution in [0.5, 0.6) is 5.75 Å². The fraction of sp³-hybridized carbons (Fsp3) is 0.412. The van der Waals surface area contributed by atoms with Crippen LogP contribution < -0.4 is 4.74 Å². The summed E-state index contributed by atoms with van der Waals surface area (Å²) in [5.74, 6) is 0.810. The first-order valence-electron chi connectivity index (χ1n) is 7.67. The van der Waals surface area contributed by atoms with Gasteiger partial charge in [0.25, 0.3) is 5.91 Å². The molecule has 2 aromatic rings. The Labute approximate surface area is 130 Å². The van der Waals surface area contributed by atoms with Gasteiger partial charge in [0.05, 0.1) is 5.69 Å². The summed E-state index contributed by atoms with van der Waals surface area (Å²) in [5, 5.41) is 4.47. The van der Waals surface area contributed by atoms with E-state index in [0.717, 1.165) is 42.0 Å². The summed E-state index contributed by atoms with van der Waals surface area (Å²) in [6, 6.07) is 7.87. The van der Waals surface area contributed by atoms with Gasteiger partial charge in [0.15, 0.2) is 5.69 Å². The zero-order valence-electron chi connectivity index (χ0n) is 13.3. The zero-order chi connectivity index (χ0) is 15.7. The highest BCUT2D eigenvalue weighted by molar-refractivity contribution is 5.96. The molecule has 0 atom stereocenters. The first-order chi connectivity index (χ1) is 10.6. The minimum Gasteiger partial charge on any atom is -0.488 e. The van der Waals surface area contributed by atoms with Gasteiger partial charge < -0.3 is 9.64 Å². The highest BCUT2D eigenvalue weighted by Crippen LogP contribution is 2.38. The molecule has 5 heteroatoms. The average Bonchev–Trinajstić information content (AvgIpc) is 2.89. The number of rotatable bonds is 4. The number of amides is 1. The molecular weight excluding hydrogens is 278 g/mol. The molecule has 0 fully saturated rings. The van der Waals surface area contributed by atoms with Crippen LogP contribution in [0.1, 0.15) is 35.8 Å². The van der Waals surface area contributed by atoms with Crippen molar-refractivity contribution in [3.63, 3.8) is 0 Å². The molecule has 3 rings (SSSR count). The molecule has 116 valence electrons. The molecule has 1 aromatic carbocycles. The molecule has 1 aliphatic heterocycles. The van der Waals surface area contributed by atoms with Crippen molar-refractivity contribution < 1.29 is 9.53 Å². The third-order valence-electron chi connectivity index (χ3n) is 4.06. The van der Waals surface area contributed by atoms with Gasteiger partial charge in [0, 0.05) is 31.8 Å². The van der Waals surface area contributed by atoms with Gasteiger partial charge in [-0.2, -0.15) is 5.10 Å². The van der Waals surface area contributed by atoms with Crippen LogP contribution in [0.4, 0.5) is 0 Å². The van der Waals surface area contributed by atoms with Crippen molar-refractivity contribution in [2.45, 2.75) is 26.4 Å². The number of ether oxygens (including phenoxy) is 1. The van der Waals surface area contributed by atoms with Gasteiger partial charge in [0.2, 0.25) is 0 Å². The summed E-state index contributed by atoms with van der Waals surface area (Å²) < 4.78 is 7.58. The van der Waals surface area contributed by atoms with Crippen molar-refractivity contribution in [2.75, 3.05) is 13.6 Å². The summed E-state index contributed by atoms with van der Waals surface area (Å²) in [6.07, 6.45) is 2.06. The Morgan fingerprint density at radius 1 is 1.41 bits per heavy atom. The molecule has 5 nitrogen and oxygen atoms in total. The fourth-order valence-corrected chi connectivity index (χ4v) is 2.83. The van der Waals surface area contributed by atoms with E-state index in [2.05, 4.69) is 12.0 Å². The number of aryl methyl sites for hydroxylation is 1. The predicted molar refractivity (Wildman–Crippen MR) is 84.8 cm³/mol. The SMILES string of the molecule is CCCCN(C)C(=O)c1nn(C)c2c1COc1ccccc1-2. The van der Waals surface area contributed by atoms with Crippen molar-refractivity contribution in [1.82, 2.24) is 14.7 Å². The third-order valence-corrected chi connectivity index (χ3v) is 4.06. The lowest BCUT2D eigenvalue weighted by Gasteiger charge is -2.20. The Kier molecular flexibility index (Phi) is 3.88. The molecule has 22 heavy (non-hydrogen) atoms. The monoisotopic (exact) mass is 299 g/mol. The van der Waals surface area contributed by atoms with E-state index in [0.29, 0.717) is 12.3 Å². The zero-order valence-corrected chi connectivity index (χ0v) is 13.3. The highest BCUT2D eigenvalue weighted by Gasteiger charge is 2.29. The molecule has 1 amide bonds. The maximum absolute atomic E-state index is 12.6. The number of unbranched alkanes of at least 4 members (excludes halogenated alkanes) is 1. The normalized spacial score (nSPS) is 12.3. The smallest absolute Gasteiger partial charge is 0.274 e. The molecule has 2 heterocycles. The second kappa shape index (κ2) is 5.83. The largest absolute Gasteiger partial charge is 0.488 e. The van der Waals surface area contributed by atoms with E-state index in [9.17, 15) is 4.79 Å². The van der Waals surface area contributed by atoms with E-state index < -0.39 is 0 Å². The number of carbonyl (C=O) groups excluding carboxylic acids is 1. The molecular formula is C17H21N3O2. The first kappa shape index (κ1) is 14.6. The lowest BCUT2D eigenvalue weighted by atomic mass is 10.0. The maximum Gasteiger partial charge on any atom is 0.274 e. The summed E-state index contributed by atoms with van der Waals surface area (Å²) >= 11 is 0. The molecule has 0 aliphatic carbocycles. The summed E-state index contributed by atoms with van der Waals surface area (Å²) in [6.45, 7) is 3.26. The first-order valence-corrected chi connectivity index (χ1v) is 7.67. The minimum absolute atomic E-state index is 0.0340. The lowest BCUT2D eigenvalue weighted by Crippen LogP contribution is -2.29. The van der Waals surface area contributed by atoms with Gasteiger partial charge in [-0.1, -0.05) is 25.5 Å². The lowest BCUT2D eigenvalue weighted by molar-refractivity contribution is 0.0784. The number of fused-ring (bicyclic) bond motifs is 3. The quantitative estimate of drug-likeness (QED) is 0.872. The molecule has 1 aromatic heterocycles. The third kappa shape index (κ3) is 2.36. The highest BCUT2D eigenvalue weighted by atomic mass is 16.5. The number of nitrogens with zero attached hydrogens (tertiary/aromatic N) is 3. The number of hydrogen-bond acceptors (Lipinski definition) is 3. The molecule has 0 unspecified atom stereocenters. The number of carbonyl (C=O) groups is 1. The Balaban J connectivity index is 1.99. The molecule has 0 saturated heterocycles. The minimum atomic E-state index is -0.0340. The van der Waals surface area contributed by atoms with Gasteiger partial charge >= 0.3 is 0 Å². The fourth-order valence-electron chi connectivity index (χ4n) is 2.83. The molecule has 0 N–H and O–H groups in total. The van der Waals surface area contributed by atoms with Crippen LogP contribution in [0.15, 0.2) is 24.3 Å². The predicted octanol–water partition coefficient (Wildman–Crippen LogP) is 2.85. The van der Waals surface area contributed by atoms with Gasteiger partial charge in [0.1, 0.15) is 12.4 Å². The van der Waals surface area contributed by atoms with Gasteiger partial charge in [-0.25, -0.2) is 0 Å². The Morgan fingerprint density at radius 2 is 2.18 bits per heavy atom. The number of benzene rings is 1. The van der Waals surface area contributed by atoms with Crippen LogP contribution in [0.3, 0.4) is 0 Å². The standard InChI is InChI=1S/C17H21N3O2/c1-4-5-10-19(2)17(21)15-13-11-22-14-9-7-6-8-12(14)16(13)20(3)18-15/h6-9H,4-5,10-11H2,1-3H3. The molecule has 0 radical (unpaired) electrons. The summed E-state index contributed by atoms with van der Waals surface area (Å²) in [5.41, 5.74) is 3.36. The number of hydrogen-bond donors (Lipinski definition) is 0. The van der Waals surface area contributed by atoms with Crippen molar-refractivity contribution >= 4 is 5.91 Å². The van der Waals surface area contributed by atoms with E-state index in [-0.39, 0.29) is 5.91 Å². The summed E-state index contributed by atoms with van der Waals surface area (Å²) in [7, 11) is 3.71. The van der Waals surface area contributed by atoms with Crippen LogP contribution in [0.25, 0.3) is 11.3 Å². The van der Waals surface area contributed by atoms with Crippen molar-refractivity contribution in [1.29, 1.82) is 0 Å². The Hall–Kier alpha value is -2.30. The van der Waals surface area contributed by atoms with Crippen LogP contribution in [-0.4, -0.2) is 34.2 Å². The van der Waals surface area contributed by atoms with E-state index >= 15 is 0 Å². The van der Waals surface area contributed by atoms with Crippen LogP contribution >= 0.6 is 0 Å². The van der Waals surface area contributed by atoms with Gasteiger partial charge in [-0.15, -0.1) is 0 Å². The topological polar surface area (TPSA) is 47.4 Å². The van der Waals surface area contributed by atoms with E-state index in [1.54, 1.807) is 9.58 Å². The molecule has 0 saturated carbocycles. The average molecular weight is 299 g/mol. The van der Waals surface area contributed by atoms with Gasteiger partial charge in [-0.05, 0) is 18.6 Å². The molecule has 1 aliphatic rings.